The summed E-state index contributed by atoms with van der Waals surface area (Å²) in [7, 11) is 0. The molecule has 0 aromatic heterocycles. The third-order valence-corrected chi connectivity index (χ3v) is 3.20. The Morgan fingerprint density at radius 2 is 1.57 bits per heavy atom. The minimum atomic E-state index is -4.54. The Morgan fingerprint density at radius 1 is 0.957 bits per heavy atom. The number of rotatable bonds is 2. The molecule has 2 nitrogen and oxygen atoms in total. The molecule has 122 valence electrons. The minimum Gasteiger partial charge on any atom is -0.332 e. The van der Waals surface area contributed by atoms with Crippen LogP contribution in [-0.2, 0) is 6.18 Å². The number of thiocarbonyl (C=S) groups is 1. The van der Waals surface area contributed by atoms with Crippen molar-refractivity contribution in [3.8, 4) is 0 Å². The Hall–Kier alpha value is -1.93. The SMILES string of the molecule is Fc1cc(F)cc(NC(=S)Nc2cc(C(F)(F)F)ccc2Cl)c1. The standard InChI is InChI=1S/C14H8ClF5N2S/c15-11-2-1-7(14(18,19)20)3-12(11)22-13(23)21-10-5-8(16)4-9(17)6-10/h1-6H,(H2,21,22,23). The Kier molecular flexibility index (Phi) is 5.06. The van der Waals surface area contributed by atoms with Crippen molar-refractivity contribution < 1.29 is 22.0 Å². The van der Waals surface area contributed by atoms with Crippen LogP contribution in [0.25, 0.3) is 0 Å². The summed E-state index contributed by atoms with van der Waals surface area (Å²) in [6.45, 7) is 0. The van der Waals surface area contributed by atoms with Gasteiger partial charge in [0.15, 0.2) is 5.11 Å². The van der Waals surface area contributed by atoms with Crippen molar-refractivity contribution in [2.45, 2.75) is 6.18 Å². The lowest BCUT2D eigenvalue weighted by atomic mass is 10.2. The summed E-state index contributed by atoms with van der Waals surface area (Å²) in [4.78, 5) is 0. The van der Waals surface area contributed by atoms with Crippen LogP contribution in [-0.4, -0.2) is 5.11 Å². The van der Waals surface area contributed by atoms with Crippen molar-refractivity contribution in [1.29, 1.82) is 0 Å². The van der Waals surface area contributed by atoms with Gasteiger partial charge in [-0.05, 0) is 42.5 Å². The van der Waals surface area contributed by atoms with Gasteiger partial charge in [0.05, 0.1) is 16.3 Å². The van der Waals surface area contributed by atoms with E-state index in [1.54, 1.807) is 0 Å². The van der Waals surface area contributed by atoms with Crippen LogP contribution in [0.4, 0.5) is 33.3 Å². The van der Waals surface area contributed by atoms with Crippen LogP contribution in [0.1, 0.15) is 5.56 Å². The van der Waals surface area contributed by atoms with E-state index in [0.717, 1.165) is 30.3 Å². The molecule has 0 unspecified atom stereocenters. The second-order valence-electron chi connectivity index (χ2n) is 4.43. The fourth-order valence-electron chi connectivity index (χ4n) is 1.71. The number of alkyl halides is 3. The van der Waals surface area contributed by atoms with Crippen LogP contribution >= 0.6 is 23.8 Å². The summed E-state index contributed by atoms with van der Waals surface area (Å²) in [6.07, 6.45) is -4.54. The highest BCUT2D eigenvalue weighted by Crippen LogP contribution is 2.33. The lowest BCUT2D eigenvalue weighted by Crippen LogP contribution is -2.20. The molecule has 0 saturated heterocycles. The number of nitrogens with one attached hydrogen (secondary N) is 2. The maximum atomic E-state index is 13.1. The van der Waals surface area contributed by atoms with Crippen LogP contribution < -0.4 is 10.6 Å². The highest BCUT2D eigenvalue weighted by Gasteiger charge is 2.31. The fourth-order valence-corrected chi connectivity index (χ4v) is 2.10. The summed E-state index contributed by atoms with van der Waals surface area (Å²) in [5, 5.41) is 4.75. The smallest absolute Gasteiger partial charge is 0.332 e. The molecule has 0 aliphatic heterocycles. The summed E-state index contributed by atoms with van der Waals surface area (Å²) in [6, 6.07) is 5.30. The quantitative estimate of drug-likeness (QED) is 0.546. The largest absolute Gasteiger partial charge is 0.416 e. The molecule has 2 aromatic rings. The van der Waals surface area contributed by atoms with Crippen molar-refractivity contribution in [3.05, 3.63) is 58.6 Å². The van der Waals surface area contributed by atoms with Gasteiger partial charge >= 0.3 is 6.18 Å². The third kappa shape index (κ3) is 4.77. The number of hydrogen-bond acceptors (Lipinski definition) is 1. The summed E-state index contributed by atoms with van der Waals surface area (Å²) < 4.78 is 64.1. The van der Waals surface area contributed by atoms with Crippen LogP contribution in [0.15, 0.2) is 36.4 Å². The summed E-state index contributed by atoms with van der Waals surface area (Å²) in [5.41, 5.74) is -0.997. The number of hydrogen-bond donors (Lipinski definition) is 2. The first-order chi connectivity index (χ1) is 10.6. The predicted molar refractivity (Wildman–Crippen MR) is 82.7 cm³/mol. The van der Waals surface area contributed by atoms with Crippen molar-refractivity contribution >= 4 is 40.3 Å². The van der Waals surface area contributed by atoms with Gasteiger partial charge in [0.25, 0.3) is 0 Å². The second kappa shape index (κ2) is 6.67. The zero-order valence-corrected chi connectivity index (χ0v) is 12.7. The van der Waals surface area contributed by atoms with Crippen molar-refractivity contribution in [1.82, 2.24) is 0 Å². The van der Waals surface area contributed by atoms with E-state index >= 15 is 0 Å². The van der Waals surface area contributed by atoms with Crippen molar-refractivity contribution in [2.24, 2.45) is 0 Å². The molecule has 0 amide bonds. The molecule has 0 fully saturated rings. The van der Waals surface area contributed by atoms with E-state index in [-0.39, 0.29) is 21.5 Å². The number of benzene rings is 2. The van der Waals surface area contributed by atoms with Gasteiger partial charge in [0.2, 0.25) is 0 Å². The van der Waals surface area contributed by atoms with Crippen LogP contribution in [0.5, 0.6) is 0 Å². The van der Waals surface area contributed by atoms with Gasteiger partial charge in [-0.2, -0.15) is 13.2 Å². The highest BCUT2D eigenvalue weighted by atomic mass is 35.5. The monoisotopic (exact) mass is 366 g/mol. The van der Waals surface area contributed by atoms with E-state index < -0.39 is 23.4 Å². The molecule has 0 heterocycles. The molecule has 0 aliphatic rings. The van der Waals surface area contributed by atoms with Crippen LogP contribution in [0.2, 0.25) is 5.02 Å². The fraction of sp³-hybridized carbons (Fsp3) is 0.0714. The second-order valence-corrected chi connectivity index (χ2v) is 5.25. The highest BCUT2D eigenvalue weighted by molar-refractivity contribution is 7.80. The lowest BCUT2D eigenvalue weighted by Gasteiger charge is -2.14. The average molecular weight is 367 g/mol. The molecule has 0 spiro atoms. The number of halogens is 6. The number of anilines is 2. The van der Waals surface area contributed by atoms with Gasteiger partial charge in [-0.25, -0.2) is 8.78 Å². The summed E-state index contributed by atoms with van der Waals surface area (Å²) in [5.74, 6) is -1.65. The molecule has 0 aliphatic carbocycles. The van der Waals surface area contributed by atoms with E-state index in [0.29, 0.717) is 6.07 Å². The van der Waals surface area contributed by atoms with Gasteiger partial charge in [-0.3, -0.25) is 0 Å². The zero-order chi connectivity index (χ0) is 17.2. The third-order valence-electron chi connectivity index (χ3n) is 2.66. The van der Waals surface area contributed by atoms with E-state index in [1.165, 1.54) is 0 Å². The molecule has 0 saturated carbocycles. The Labute approximate surface area is 138 Å². The normalized spacial score (nSPS) is 11.2. The van der Waals surface area contributed by atoms with Crippen LogP contribution in [0.3, 0.4) is 0 Å². The first-order valence-electron chi connectivity index (χ1n) is 6.06. The topological polar surface area (TPSA) is 24.1 Å². The van der Waals surface area contributed by atoms with Gasteiger partial charge in [0, 0.05) is 11.8 Å². The Balaban J connectivity index is 2.17. The van der Waals surface area contributed by atoms with Crippen molar-refractivity contribution in [3.63, 3.8) is 0 Å². The Morgan fingerprint density at radius 3 is 2.13 bits per heavy atom. The van der Waals surface area contributed by atoms with Gasteiger partial charge in [-0.1, -0.05) is 11.6 Å². The molecule has 0 bridgehead atoms. The molecule has 0 radical (unpaired) electrons. The van der Waals surface area contributed by atoms with Gasteiger partial charge in [0.1, 0.15) is 11.6 Å². The molecule has 0 atom stereocenters. The van der Waals surface area contributed by atoms with E-state index in [4.69, 9.17) is 23.8 Å². The zero-order valence-electron chi connectivity index (χ0n) is 11.1. The molecular weight excluding hydrogens is 359 g/mol. The minimum absolute atomic E-state index is 0.00287. The maximum absolute atomic E-state index is 13.1. The van der Waals surface area contributed by atoms with Crippen molar-refractivity contribution in [2.75, 3.05) is 10.6 Å². The van der Waals surface area contributed by atoms with Gasteiger partial charge in [-0.15, -0.1) is 0 Å². The van der Waals surface area contributed by atoms with E-state index in [1.807, 2.05) is 0 Å². The molecular formula is C14H8ClF5N2S. The maximum Gasteiger partial charge on any atom is 0.416 e. The van der Waals surface area contributed by atoms with E-state index in [9.17, 15) is 22.0 Å². The lowest BCUT2D eigenvalue weighted by molar-refractivity contribution is -0.137. The average Bonchev–Trinajstić information content (AvgIpc) is 2.38. The predicted octanol–water partition coefficient (Wildman–Crippen LogP) is 5.45. The summed E-state index contributed by atoms with van der Waals surface area (Å²) >= 11 is 10.7. The first-order valence-corrected chi connectivity index (χ1v) is 6.84. The van der Waals surface area contributed by atoms with E-state index in [2.05, 4.69) is 10.6 Å². The molecule has 2 N–H and O–H groups in total. The molecule has 2 rings (SSSR count). The van der Waals surface area contributed by atoms with Gasteiger partial charge < -0.3 is 10.6 Å². The first kappa shape index (κ1) is 17.4. The van der Waals surface area contributed by atoms with Crippen LogP contribution in [0, 0.1) is 11.6 Å². The molecule has 9 heteroatoms. The Bertz CT molecular complexity index is 728. The molecule has 23 heavy (non-hydrogen) atoms. The molecule has 2 aromatic carbocycles.